The molecular weight excluding hydrogens is 252 g/mol. The van der Waals surface area contributed by atoms with Crippen LogP contribution in [0.15, 0.2) is 18.5 Å². The predicted molar refractivity (Wildman–Crippen MR) is 64.3 cm³/mol. The number of nitrogens with one attached hydrogen (secondary N) is 1. The molecule has 0 bridgehead atoms. The van der Waals surface area contributed by atoms with Gasteiger partial charge in [0, 0.05) is 0 Å². The van der Waals surface area contributed by atoms with Crippen molar-refractivity contribution in [3.63, 3.8) is 0 Å². The van der Waals surface area contributed by atoms with Gasteiger partial charge in [-0.1, -0.05) is 23.8 Å². The highest BCUT2D eigenvalue weighted by Crippen LogP contribution is 2.34. The van der Waals surface area contributed by atoms with Crippen LogP contribution in [0, 0.1) is 4.64 Å². The van der Waals surface area contributed by atoms with Gasteiger partial charge < -0.3 is 9.72 Å². The summed E-state index contributed by atoms with van der Waals surface area (Å²) < 4.78 is 6.37. The molecule has 2 aromatic heterocycles. The fourth-order valence-electron chi connectivity index (χ4n) is 1.21. The highest BCUT2D eigenvalue weighted by atomic mass is 35.5. The molecule has 2 aromatic rings. The van der Waals surface area contributed by atoms with Crippen molar-refractivity contribution >= 4 is 35.2 Å². The van der Waals surface area contributed by atoms with E-state index in [0.29, 0.717) is 10.4 Å². The van der Waals surface area contributed by atoms with Gasteiger partial charge in [-0.3, -0.25) is 0 Å². The van der Waals surface area contributed by atoms with E-state index in [0.717, 1.165) is 14.9 Å². The van der Waals surface area contributed by atoms with Crippen molar-refractivity contribution in [3.8, 4) is 16.3 Å². The van der Waals surface area contributed by atoms with Crippen LogP contribution in [0.5, 0.6) is 5.75 Å². The topological polar surface area (TPSA) is 37.9 Å². The predicted octanol–water partition coefficient (Wildman–Crippen LogP) is 3.53. The SMILES string of the molecule is COc1c(-c2ccc(Cl)s2)[nH]cnc1=S. The molecule has 0 aliphatic rings. The zero-order valence-electron chi connectivity index (χ0n) is 7.78. The number of thiophene rings is 1. The van der Waals surface area contributed by atoms with Crippen LogP contribution in [0.2, 0.25) is 4.34 Å². The van der Waals surface area contributed by atoms with Gasteiger partial charge in [0.05, 0.1) is 22.7 Å². The highest BCUT2D eigenvalue weighted by Gasteiger charge is 2.10. The number of ether oxygens (including phenoxy) is 1. The standard InChI is InChI=1S/C9H7ClN2OS2/c1-13-8-7(11-4-12-9(8)14)5-2-3-6(10)15-5/h2-4H,1H3,(H,11,12,14). The maximum absolute atomic E-state index is 5.87. The monoisotopic (exact) mass is 258 g/mol. The van der Waals surface area contributed by atoms with Crippen LogP contribution in [0.3, 0.4) is 0 Å². The van der Waals surface area contributed by atoms with E-state index in [4.69, 9.17) is 28.6 Å². The number of hydrogen-bond donors (Lipinski definition) is 1. The van der Waals surface area contributed by atoms with Crippen molar-refractivity contribution in [2.24, 2.45) is 0 Å². The molecule has 6 heteroatoms. The largest absolute Gasteiger partial charge is 0.491 e. The second kappa shape index (κ2) is 4.30. The van der Waals surface area contributed by atoms with Gasteiger partial charge in [0.2, 0.25) is 0 Å². The van der Waals surface area contributed by atoms with E-state index < -0.39 is 0 Å². The Bertz CT molecular complexity index is 535. The van der Waals surface area contributed by atoms with Crippen molar-refractivity contribution in [3.05, 3.63) is 27.4 Å². The average molecular weight is 259 g/mol. The molecule has 2 rings (SSSR count). The molecule has 0 aliphatic carbocycles. The third-order valence-corrected chi connectivity index (χ3v) is 3.38. The molecule has 0 radical (unpaired) electrons. The van der Waals surface area contributed by atoms with Crippen LogP contribution in [-0.4, -0.2) is 17.1 Å². The van der Waals surface area contributed by atoms with E-state index in [1.807, 2.05) is 12.1 Å². The lowest BCUT2D eigenvalue weighted by molar-refractivity contribution is 0.411. The highest BCUT2D eigenvalue weighted by molar-refractivity contribution is 7.71. The lowest BCUT2D eigenvalue weighted by Gasteiger charge is -2.05. The van der Waals surface area contributed by atoms with Crippen LogP contribution in [-0.2, 0) is 0 Å². The number of hydrogen-bond acceptors (Lipinski definition) is 4. The Balaban J connectivity index is 2.62. The lowest BCUT2D eigenvalue weighted by Crippen LogP contribution is -1.92. The third kappa shape index (κ3) is 2.04. The van der Waals surface area contributed by atoms with Crippen molar-refractivity contribution in [2.45, 2.75) is 0 Å². The van der Waals surface area contributed by atoms with Crippen LogP contribution in [0.4, 0.5) is 0 Å². The van der Waals surface area contributed by atoms with Gasteiger partial charge >= 0.3 is 0 Å². The van der Waals surface area contributed by atoms with Crippen molar-refractivity contribution in [2.75, 3.05) is 7.11 Å². The zero-order chi connectivity index (χ0) is 10.8. The number of rotatable bonds is 2. The molecule has 0 unspecified atom stereocenters. The fourth-order valence-corrected chi connectivity index (χ4v) is 2.49. The first-order chi connectivity index (χ1) is 7.22. The number of aromatic nitrogens is 2. The molecular formula is C9H7ClN2OS2. The molecule has 1 N–H and O–H groups in total. The normalized spacial score (nSPS) is 10.3. The van der Waals surface area contributed by atoms with Crippen LogP contribution in [0.25, 0.3) is 10.6 Å². The smallest absolute Gasteiger partial charge is 0.180 e. The molecule has 0 amide bonds. The number of aromatic amines is 1. The molecule has 0 fully saturated rings. The Morgan fingerprint density at radius 3 is 2.93 bits per heavy atom. The van der Waals surface area contributed by atoms with Crippen molar-refractivity contribution in [1.29, 1.82) is 0 Å². The van der Waals surface area contributed by atoms with Crippen LogP contribution in [0.1, 0.15) is 0 Å². The molecule has 78 valence electrons. The number of H-pyrrole nitrogens is 1. The Morgan fingerprint density at radius 2 is 2.33 bits per heavy atom. The summed E-state index contributed by atoms with van der Waals surface area (Å²) >= 11 is 12.4. The fraction of sp³-hybridized carbons (Fsp3) is 0.111. The Morgan fingerprint density at radius 1 is 1.53 bits per heavy atom. The van der Waals surface area contributed by atoms with Crippen LogP contribution >= 0.6 is 35.2 Å². The molecule has 0 aromatic carbocycles. The summed E-state index contributed by atoms with van der Waals surface area (Å²) in [5, 5.41) is 0. The summed E-state index contributed by atoms with van der Waals surface area (Å²) in [6.07, 6.45) is 1.55. The van der Waals surface area contributed by atoms with Crippen molar-refractivity contribution in [1.82, 2.24) is 9.97 Å². The molecule has 3 nitrogen and oxygen atoms in total. The van der Waals surface area contributed by atoms with Gasteiger partial charge in [-0.25, -0.2) is 4.98 Å². The summed E-state index contributed by atoms with van der Waals surface area (Å²) in [6.45, 7) is 0. The second-order valence-electron chi connectivity index (χ2n) is 2.72. The van der Waals surface area contributed by atoms with Crippen molar-refractivity contribution < 1.29 is 4.74 Å². The maximum Gasteiger partial charge on any atom is 0.180 e. The number of methoxy groups -OCH3 is 1. The summed E-state index contributed by atoms with van der Waals surface area (Å²) in [4.78, 5) is 7.93. The first-order valence-corrected chi connectivity index (χ1v) is 5.70. The first kappa shape index (κ1) is 10.6. The van der Waals surface area contributed by atoms with Gasteiger partial charge in [0.15, 0.2) is 10.4 Å². The quantitative estimate of drug-likeness (QED) is 0.838. The zero-order valence-corrected chi connectivity index (χ0v) is 10.2. The van der Waals surface area contributed by atoms with Gasteiger partial charge in [-0.15, -0.1) is 11.3 Å². The number of halogens is 1. The third-order valence-electron chi connectivity index (χ3n) is 1.84. The molecule has 0 saturated heterocycles. The Kier molecular flexibility index (Phi) is 3.04. The molecule has 0 spiro atoms. The van der Waals surface area contributed by atoms with E-state index in [1.165, 1.54) is 11.3 Å². The van der Waals surface area contributed by atoms with E-state index in [9.17, 15) is 0 Å². The second-order valence-corrected chi connectivity index (χ2v) is 4.82. The molecule has 0 aliphatic heterocycles. The Labute approximate surface area is 101 Å². The van der Waals surface area contributed by atoms with E-state index in [-0.39, 0.29) is 0 Å². The summed E-state index contributed by atoms with van der Waals surface area (Å²) in [5.41, 5.74) is 0.814. The average Bonchev–Trinajstić information content (AvgIpc) is 2.64. The Hall–Kier alpha value is -0.910. The van der Waals surface area contributed by atoms with E-state index in [1.54, 1.807) is 13.4 Å². The molecule has 2 heterocycles. The molecule has 15 heavy (non-hydrogen) atoms. The maximum atomic E-state index is 5.87. The van der Waals surface area contributed by atoms with Gasteiger partial charge in [0.1, 0.15) is 5.69 Å². The summed E-state index contributed by atoms with van der Waals surface area (Å²) in [7, 11) is 1.57. The minimum Gasteiger partial charge on any atom is -0.491 e. The minimum atomic E-state index is 0.441. The first-order valence-electron chi connectivity index (χ1n) is 4.09. The summed E-state index contributed by atoms with van der Waals surface area (Å²) in [6, 6.07) is 3.74. The lowest BCUT2D eigenvalue weighted by atomic mass is 10.3. The van der Waals surface area contributed by atoms with Crippen LogP contribution < -0.4 is 4.74 Å². The number of nitrogens with zero attached hydrogens (tertiary/aromatic N) is 1. The van der Waals surface area contributed by atoms with E-state index in [2.05, 4.69) is 9.97 Å². The van der Waals surface area contributed by atoms with Gasteiger partial charge in [0.25, 0.3) is 0 Å². The minimum absolute atomic E-state index is 0.441. The molecule has 0 atom stereocenters. The van der Waals surface area contributed by atoms with Gasteiger partial charge in [-0.05, 0) is 12.1 Å². The summed E-state index contributed by atoms with van der Waals surface area (Å²) in [5.74, 6) is 0.575. The molecule has 0 saturated carbocycles. The van der Waals surface area contributed by atoms with E-state index >= 15 is 0 Å². The van der Waals surface area contributed by atoms with Gasteiger partial charge in [-0.2, -0.15) is 0 Å².